The van der Waals surface area contributed by atoms with Crippen LogP contribution in [-0.2, 0) is 6.54 Å². The highest BCUT2D eigenvalue weighted by atomic mass is 35.5. The molecule has 1 saturated heterocycles. The summed E-state index contributed by atoms with van der Waals surface area (Å²) in [5, 5.41) is 3.73. The second-order valence-corrected chi connectivity index (χ2v) is 5.14. The number of piperidine rings is 1. The van der Waals surface area contributed by atoms with Gasteiger partial charge in [0.2, 0.25) is 5.88 Å². The number of aromatic nitrogens is 1. The van der Waals surface area contributed by atoms with Gasteiger partial charge in [-0.2, -0.15) is 0 Å². The SMILES string of the molecule is CNCc1nc(OC2CCN(C)CC2)ccc1Cl. The van der Waals surface area contributed by atoms with E-state index in [4.69, 9.17) is 16.3 Å². The Kier molecular flexibility index (Phi) is 4.80. The molecular weight excluding hydrogens is 250 g/mol. The van der Waals surface area contributed by atoms with Crippen LogP contribution in [0, 0.1) is 0 Å². The standard InChI is InChI=1S/C13H20ClN3O/c1-15-9-12-11(14)3-4-13(16-12)18-10-5-7-17(2)8-6-10/h3-4,10,15H,5-9H2,1-2H3. The van der Waals surface area contributed by atoms with Crippen LogP contribution in [0.4, 0.5) is 0 Å². The quantitative estimate of drug-likeness (QED) is 0.906. The number of hydrogen-bond acceptors (Lipinski definition) is 4. The van der Waals surface area contributed by atoms with E-state index in [2.05, 4.69) is 22.2 Å². The van der Waals surface area contributed by atoms with Crippen molar-refractivity contribution in [2.75, 3.05) is 27.2 Å². The van der Waals surface area contributed by atoms with Crippen molar-refractivity contribution in [1.29, 1.82) is 0 Å². The normalized spacial score (nSPS) is 17.9. The lowest BCUT2D eigenvalue weighted by Crippen LogP contribution is -2.35. The molecule has 1 fully saturated rings. The average molecular weight is 270 g/mol. The lowest BCUT2D eigenvalue weighted by atomic mass is 10.1. The largest absolute Gasteiger partial charge is 0.474 e. The fraction of sp³-hybridized carbons (Fsp3) is 0.615. The zero-order valence-electron chi connectivity index (χ0n) is 10.9. The molecule has 1 N–H and O–H groups in total. The summed E-state index contributed by atoms with van der Waals surface area (Å²) in [5.41, 5.74) is 0.838. The van der Waals surface area contributed by atoms with E-state index in [-0.39, 0.29) is 6.10 Å². The fourth-order valence-corrected chi connectivity index (χ4v) is 2.27. The lowest BCUT2D eigenvalue weighted by molar-refractivity contribution is 0.110. The van der Waals surface area contributed by atoms with E-state index in [9.17, 15) is 0 Å². The molecule has 0 aliphatic carbocycles. The molecule has 0 saturated carbocycles. The second-order valence-electron chi connectivity index (χ2n) is 4.73. The smallest absolute Gasteiger partial charge is 0.213 e. The van der Waals surface area contributed by atoms with Gasteiger partial charge in [0.25, 0.3) is 0 Å². The van der Waals surface area contributed by atoms with Crippen LogP contribution >= 0.6 is 11.6 Å². The third kappa shape index (κ3) is 3.57. The fourth-order valence-electron chi connectivity index (χ4n) is 2.09. The first kappa shape index (κ1) is 13.6. The third-order valence-corrected chi connectivity index (χ3v) is 3.53. The van der Waals surface area contributed by atoms with Gasteiger partial charge in [-0.05, 0) is 33.0 Å². The minimum Gasteiger partial charge on any atom is -0.474 e. The Hall–Kier alpha value is -0.840. The Balaban J connectivity index is 1.98. The first-order valence-corrected chi connectivity index (χ1v) is 6.72. The monoisotopic (exact) mass is 269 g/mol. The van der Waals surface area contributed by atoms with Crippen molar-refractivity contribution in [2.45, 2.75) is 25.5 Å². The predicted molar refractivity (Wildman–Crippen MR) is 73.2 cm³/mol. The molecule has 0 aromatic carbocycles. The summed E-state index contributed by atoms with van der Waals surface area (Å²) >= 11 is 6.07. The van der Waals surface area contributed by atoms with Crippen molar-refractivity contribution in [1.82, 2.24) is 15.2 Å². The maximum Gasteiger partial charge on any atom is 0.213 e. The van der Waals surface area contributed by atoms with Crippen LogP contribution < -0.4 is 10.1 Å². The van der Waals surface area contributed by atoms with Crippen LogP contribution in [0.3, 0.4) is 0 Å². The van der Waals surface area contributed by atoms with Gasteiger partial charge >= 0.3 is 0 Å². The summed E-state index contributed by atoms with van der Waals surface area (Å²) in [6.45, 7) is 2.83. The number of ether oxygens (including phenoxy) is 1. The van der Waals surface area contributed by atoms with E-state index in [1.165, 1.54) is 0 Å². The highest BCUT2D eigenvalue weighted by Crippen LogP contribution is 2.21. The summed E-state index contributed by atoms with van der Waals surface area (Å²) in [5.74, 6) is 0.680. The van der Waals surface area contributed by atoms with Gasteiger partial charge in [0.1, 0.15) is 6.10 Å². The van der Waals surface area contributed by atoms with Gasteiger partial charge in [0.15, 0.2) is 0 Å². The van der Waals surface area contributed by atoms with Crippen molar-refractivity contribution >= 4 is 11.6 Å². The van der Waals surface area contributed by atoms with E-state index >= 15 is 0 Å². The van der Waals surface area contributed by atoms with E-state index in [0.29, 0.717) is 17.4 Å². The van der Waals surface area contributed by atoms with Crippen LogP contribution in [0.5, 0.6) is 5.88 Å². The average Bonchev–Trinajstić information content (AvgIpc) is 2.37. The molecule has 4 nitrogen and oxygen atoms in total. The van der Waals surface area contributed by atoms with Gasteiger partial charge in [0.05, 0.1) is 10.7 Å². The summed E-state index contributed by atoms with van der Waals surface area (Å²) < 4.78 is 5.92. The number of nitrogens with one attached hydrogen (secondary N) is 1. The molecule has 0 bridgehead atoms. The summed E-state index contributed by atoms with van der Waals surface area (Å²) in [7, 11) is 4.02. The topological polar surface area (TPSA) is 37.4 Å². The molecule has 18 heavy (non-hydrogen) atoms. The minimum absolute atomic E-state index is 0.275. The van der Waals surface area contributed by atoms with E-state index in [1.807, 2.05) is 19.2 Å². The van der Waals surface area contributed by atoms with Gasteiger partial charge in [-0.1, -0.05) is 11.6 Å². The first-order valence-electron chi connectivity index (χ1n) is 6.34. The van der Waals surface area contributed by atoms with Crippen molar-refractivity contribution < 1.29 is 4.74 Å². The molecule has 2 rings (SSSR count). The van der Waals surface area contributed by atoms with Gasteiger partial charge in [-0.25, -0.2) is 4.98 Å². The number of nitrogens with zero attached hydrogens (tertiary/aromatic N) is 2. The zero-order chi connectivity index (χ0) is 13.0. The summed E-state index contributed by atoms with van der Waals surface area (Å²) in [6.07, 6.45) is 2.39. The van der Waals surface area contributed by atoms with Gasteiger partial charge < -0.3 is 15.0 Å². The predicted octanol–water partition coefficient (Wildman–Crippen LogP) is 1.93. The Morgan fingerprint density at radius 1 is 1.44 bits per heavy atom. The molecule has 2 heterocycles. The van der Waals surface area contributed by atoms with Crippen LogP contribution in [0.25, 0.3) is 0 Å². The van der Waals surface area contributed by atoms with Crippen LogP contribution in [0.2, 0.25) is 5.02 Å². The summed E-state index contributed by atoms with van der Waals surface area (Å²) in [4.78, 5) is 6.77. The second kappa shape index (κ2) is 6.36. The highest BCUT2D eigenvalue weighted by molar-refractivity contribution is 6.31. The zero-order valence-corrected chi connectivity index (χ0v) is 11.7. The van der Waals surface area contributed by atoms with Gasteiger partial charge in [-0.3, -0.25) is 0 Å². The minimum atomic E-state index is 0.275. The number of hydrogen-bond donors (Lipinski definition) is 1. The molecule has 100 valence electrons. The van der Waals surface area contributed by atoms with E-state index < -0.39 is 0 Å². The highest BCUT2D eigenvalue weighted by Gasteiger charge is 2.18. The maximum atomic E-state index is 6.07. The first-order chi connectivity index (χ1) is 8.69. The van der Waals surface area contributed by atoms with Gasteiger partial charge in [-0.15, -0.1) is 0 Å². The molecule has 0 spiro atoms. The van der Waals surface area contributed by atoms with Crippen molar-refractivity contribution in [3.8, 4) is 5.88 Å². The number of halogens is 1. The molecule has 1 aliphatic heterocycles. The number of rotatable bonds is 4. The molecular formula is C13H20ClN3O. The Bertz CT molecular complexity index is 392. The molecule has 5 heteroatoms. The Morgan fingerprint density at radius 3 is 2.83 bits per heavy atom. The van der Waals surface area contributed by atoms with Crippen molar-refractivity contribution in [3.63, 3.8) is 0 Å². The third-order valence-electron chi connectivity index (χ3n) is 3.19. The molecule has 1 aromatic rings. The molecule has 1 aromatic heterocycles. The molecule has 0 amide bonds. The maximum absolute atomic E-state index is 6.07. The van der Waals surface area contributed by atoms with E-state index in [1.54, 1.807) is 0 Å². The van der Waals surface area contributed by atoms with Crippen LogP contribution in [-0.4, -0.2) is 43.2 Å². The molecule has 0 radical (unpaired) electrons. The van der Waals surface area contributed by atoms with Crippen molar-refractivity contribution in [2.24, 2.45) is 0 Å². The van der Waals surface area contributed by atoms with Gasteiger partial charge in [0, 0.05) is 25.7 Å². The molecule has 0 atom stereocenters. The molecule has 0 unspecified atom stereocenters. The number of likely N-dealkylation sites (tertiary alicyclic amines) is 1. The Morgan fingerprint density at radius 2 is 2.17 bits per heavy atom. The van der Waals surface area contributed by atoms with Crippen LogP contribution in [0.15, 0.2) is 12.1 Å². The van der Waals surface area contributed by atoms with E-state index in [0.717, 1.165) is 31.6 Å². The summed E-state index contributed by atoms with van der Waals surface area (Å²) in [6, 6.07) is 3.70. The van der Waals surface area contributed by atoms with Crippen LogP contribution in [0.1, 0.15) is 18.5 Å². The lowest BCUT2D eigenvalue weighted by Gasteiger charge is -2.29. The van der Waals surface area contributed by atoms with Crippen molar-refractivity contribution in [3.05, 3.63) is 22.8 Å². The number of pyridine rings is 1. The Labute approximate surface area is 113 Å². The molecule has 1 aliphatic rings.